The summed E-state index contributed by atoms with van der Waals surface area (Å²) in [5.74, 6) is 0.806. The Hall–Kier alpha value is -0.810. The first kappa shape index (κ1) is 14.6. The van der Waals surface area contributed by atoms with Crippen molar-refractivity contribution in [3.63, 3.8) is 0 Å². The predicted octanol–water partition coefficient (Wildman–Crippen LogP) is 1.33. The lowest BCUT2D eigenvalue weighted by molar-refractivity contribution is 0.0494. The Morgan fingerprint density at radius 1 is 1.37 bits per heavy atom. The number of morpholine rings is 1. The van der Waals surface area contributed by atoms with Crippen LogP contribution in [-0.4, -0.2) is 49.3 Å². The Bertz CT molecular complexity index is 295. The van der Waals surface area contributed by atoms with E-state index in [1.54, 1.807) is 0 Å². The fourth-order valence-electron chi connectivity index (χ4n) is 3.09. The summed E-state index contributed by atoms with van der Waals surface area (Å²) in [5, 5.41) is 3.20. The first-order valence-corrected chi connectivity index (χ1v) is 7.54. The van der Waals surface area contributed by atoms with Crippen molar-refractivity contribution in [2.75, 3.05) is 32.8 Å². The summed E-state index contributed by atoms with van der Waals surface area (Å²) in [6, 6.07) is 0.0312. The summed E-state index contributed by atoms with van der Waals surface area (Å²) < 4.78 is 5.27. The van der Waals surface area contributed by atoms with Gasteiger partial charge in [0.05, 0.1) is 18.8 Å². The van der Waals surface area contributed by atoms with Gasteiger partial charge in [0.25, 0.3) is 0 Å². The van der Waals surface area contributed by atoms with Gasteiger partial charge in [0.1, 0.15) is 0 Å². The number of carbonyl (C=O) groups excluding carboxylic acids is 1. The van der Waals surface area contributed by atoms with Crippen molar-refractivity contribution in [3.8, 4) is 0 Å². The molecule has 0 unspecified atom stereocenters. The number of hydrogen-bond donors (Lipinski definition) is 2. The van der Waals surface area contributed by atoms with E-state index in [0.717, 1.165) is 18.8 Å². The third kappa shape index (κ3) is 3.60. The first-order chi connectivity index (χ1) is 9.19. The zero-order valence-electron chi connectivity index (χ0n) is 12.0. The van der Waals surface area contributed by atoms with Crippen LogP contribution >= 0.6 is 0 Å². The number of nitrogens with zero attached hydrogens (tertiary/aromatic N) is 1. The molecular formula is C14H27N3O2. The van der Waals surface area contributed by atoms with Crippen LogP contribution in [-0.2, 0) is 4.74 Å². The smallest absolute Gasteiger partial charge is 0.318 e. The Kier molecular flexibility index (Phi) is 5.05. The van der Waals surface area contributed by atoms with Crippen LogP contribution in [0.15, 0.2) is 0 Å². The van der Waals surface area contributed by atoms with E-state index in [2.05, 4.69) is 12.2 Å². The molecule has 1 heterocycles. The summed E-state index contributed by atoms with van der Waals surface area (Å²) in [6.07, 6.45) is 5.61. The van der Waals surface area contributed by atoms with Crippen LogP contribution in [0.2, 0.25) is 0 Å². The van der Waals surface area contributed by atoms with Crippen molar-refractivity contribution in [3.05, 3.63) is 0 Å². The van der Waals surface area contributed by atoms with Gasteiger partial charge in [0, 0.05) is 19.6 Å². The Balaban J connectivity index is 1.89. The molecule has 5 nitrogen and oxygen atoms in total. The third-order valence-corrected chi connectivity index (χ3v) is 4.70. The SMILES string of the molecule is CCC1CCC(CN)(NC(=O)N2CCOCC2)CC1. The van der Waals surface area contributed by atoms with Crippen LogP contribution in [0.25, 0.3) is 0 Å². The van der Waals surface area contributed by atoms with Crippen LogP contribution in [0.3, 0.4) is 0 Å². The van der Waals surface area contributed by atoms with E-state index in [1.807, 2.05) is 4.90 Å². The summed E-state index contributed by atoms with van der Waals surface area (Å²) in [6.45, 7) is 5.43. The maximum atomic E-state index is 12.3. The van der Waals surface area contributed by atoms with Crippen molar-refractivity contribution < 1.29 is 9.53 Å². The highest BCUT2D eigenvalue weighted by Crippen LogP contribution is 2.33. The fourth-order valence-corrected chi connectivity index (χ4v) is 3.09. The second-order valence-electron chi connectivity index (χ2n) is 5.87. The molecule has 1 saturated carbocycles. The van der Waals surface area contributed by atoms with Gasteiger partial charge in [-0.25, -0.2) is 4.79 Å². The molecule has 0 aromatic carbocycles. The molecule has 0 radical (unpaired) electrons. The maximum Gasteiger partial charge on any atom is 0.318 e. The van der Waals surface area contributed by atoms with E-state index in [9.17, 15) is 4.79 Å². The standard InChI is InChI=1S/C14H27N3O2/c1-2-12-3-5-14(11-15,6-4-12)16-13(18)17-7-9-19-10-8-17/h12H,2-11,15H2,1H3,(H,16,18). The molecule has 1 aliphatic carbocycles. The highest BCUT2D eigenvalue weighted by Gasteiger charge is 2.36. The van der Waals surface area contributed by atoms with E-state index in [4.69, 9.17) is 10.5 Å². The number of urea groups is 1. The fraction of sp³-hybridized carbons (Fsp3) is 0.929. The molecule has 1 aliphatic heterocycles. The van der Waals surface area contributed by atoms with Gasteiger partial charge in [-0.05, 0) is 31.6 Å². The summed E-state index contributed by atoms with van der Waals surface area (Å²) in [5.41, 5.74) is 5.77. The number of hydrogen-bond acceptors (Lipinski definition) is 3. The van der Waals surface area contributed by atoms with Crippen molar-refractivity contribution in [1.82, 2.24) is 10.2 Å². The Labute approximate surface area is 115 Å². The number of carbonyl (C=O) groups is 1. The molecule has 2 amide bonds. The molecule has 110 valence electrons. The number of rotatable bonds is 3. The summed E-state index contributed by atoms with van der Waals surface area (Å²) in [4.78, 5) is 14.1. The lowest BCUT2D eigenvalue weighted by Gasteiger charge is -2.41. The Morgan fingerprint density at radius 2 is 2.00 bits per heavy atom. The molecule has 0 bridgehead atoms. The van der Waals surface area contributed by atoms with E-state index >= 15 is 0 Å². The van der Waals surface area contributed by atoms with Gasteiger partial charge >= 0.3 is 6.03 Å². The van der Waals surface area contributed by atoms with Gasteiger partial charge in [-0.2, -0.15) is 0 Å². The zero-order valence-corrected chi connectivity index (χ0v) is 12.0. The molecule has 2 fully saturated rings. The van der Waals surface area contributed by atoms with E-state index in [1.165, 1.54) is 19.3 Å². The second-order valence-corrected chi connectivity index (χ2v) is 5.87. The number of nitrogens with one attached hydrogen (secondary N) is 1. The molecule has 0 aromatic rings. The average molecular weight is 269 g/mol. The van der Waals surface area contributed by atoms with Gasteiger partial charge in [0.15, 0.2) is 0 Å². The minimum atomic E-state index is -0.180. The van der Waals surface area contributed by atoms with Crippen LogP contribution in [0.1, 0.15) is 39.0 Å². The molecule has 1 saturated heterocycles. The lowest BCUT2D eigenvalue weighted by Crippen LogP contribution is -2.59. The van der Waals surface area contributed by atoms with Crippen molar-refractivity contribution in [1.29, 1.82) is 0 Å². The topological polar surface area (TPSA) is 67.6 Å². The van der Waals surface area contributed by atoms with Crippen molar-refractivity contribution >= 4 is 6.03 Å². The molecular weight excluding hydrogens is 242 g/mol. The first-order valence-electron chi connectivity index (χ1n) is 7.54. The number of ether oxygens (including phenoxy) is 1. The van der Waals surface area contributed by atoms with Crippen LogP contribution in [0.5, 0.6) is 0 Å². The highest BCUT2D eigenvalue weighted by molar-refractivity contribution is 5.75. The van der Waals surface area contributed by atoms with Crippen LogP contribution in [0, 0.1) is 5.92 Å². The number of amides is 2. The van der Waals surface area contributed by atoms with Crippen molar-refractivity contribution in [2.45, 2.75) is 44.6 Å². The van der Waals surface area contributed by atoms with Crippen LogP contribution in [0.4, 0.5) is 4.79 Å². The highest BCUT2D eigenvalue weighted by atomic mass is 16.5. The lowest BCUT2D eigenvalue weighted by atomic mass is 9.75. The number of nitrogens with two attached hydrogens (primary N) is 1. The average Bonchev–Trinajstić information content (AvgIpc) is 2.49. The normalized spacial score (nSPS) is 32.1. The molecule has 5 heteroatoms. The monoisotopic (exact) mass is 269 g/mol. The molecule has 3 N–H and O–H groups in total. The molecule has 2 aliphatic rings. The van der Waals surface area contributed by atoms with Gasteiger partial charge in [-0.15, -0.1) is 0 Å². The van der Waals surface area contributed by atoms with Gasteiger partial charge in [-0.3, -0.25) is 0 Å². The summed E-state index contributed by atoms with van der Waals surface area (Å²) in [7, 11) is 0. The van der Waals surface area contributed by atoms with Gasteiger partial charge < -0.3 is 20.7 Å². The van der Waals surface area contributed by atoms with Gasteiger partial charge in [-0.1, -0.05) is 13.3 Å². The van der Waals surface area contributed by atoms with E-state index in [0.29, 0.717) is 32.8 Å². The Morgan fingerprint density at radius 3 is 2.53 bits per heavy atom. The molecule has 0 atom stereocenters. The minimum Gasteiger partial charge on any atom is -0.378 e. The van der Waals surface area contributed by atoms with E-state index < -0.39 is 0 Å². The third-order valence-electron chi connectivity index (χ3n) is 4.70. The maximum absolute atomic E-state index is 12.3. The van der Waals surface area contributed by atoms with Crippen LogP contribution < -0.4 is 11.1 Å². The summed E-state index contributed by atoms with van der Waals surface area (Å²) >= 11 is 0. The predicted molar refractivity (Wildman–Crippen MR) is 75.0 cm³/mol. The molecule has 0 spiro atoms. The zero-order chi connectivity index (χ0) is 13.7. The quantitative estimate of drug-likeness (QED) is 0.812. The minimum absolute atomic E-state index is 0.0312. The second kappa shape index (κ2) is 6.57. The van der Waals surface area contributed by atoms with E-state index in [-0.39, 0.29) is 11.6 Å². The largest absolute Gasteiger partial charge is 0.378 e. The molecule has 2 rings (SSSR count). The van der Waals surface area contributed by atoms with Gasteiger partial charge in [0.2, 0.25) is 0 Å². The van der Waals surface area contributed by atoms with Crippen molar-refractivity contribution in [2.24, 2.45) is 11.7 Å². The molecule has 19 heavy (non-hydrogen) atoms. The molecule has 0 aromatic heterocycles.